The molecule has 114 valence electrons. The number of carbonyl (C=O) groups excluding carboxylic acids is 1. The molecule has 0 fully saturated rings. The van der Waals surface area contributed by atoms with Crippen molar-refractivity contribution >= 4 is 24.0 Å². The minimum atomic E-state index is -0.0160. The lowest BCUT2D eigenvalue weighted by Crippen LogP contribution is -2.18. The van der Waals surface area contributed by atoms with Crippen LogP contribution in [-0.4, -0.2) is 24.5 Å². The Morgan fingerprint density at radius 3 is 2.71 bits per heavy atom. The molecule has 5 nitrogen and oxygen atoms in total. The van der Waals surface area contributed by atoms with Crippen LogP contribution in [0.2, 0.25) is 0 Å². The van der Waals surface area contributed by atoms with Crippen molar-refractivity contribution in [2.24, 2.45) is 0 Å². The lowest BCUT2D eigenvalue weighted by atomic mass is 10.1. The number of rotatable bonds is 5. The van der Waals surface area contributed by atoms with Crippen molar-refractivity contribution in [1.82, 2.24) is 10.3 Å². The van der Waals surface area contributed by atoms with E-state index in [9.17, 15) is 4.79 Å². The SMILES string of the molecule is CNCCC(=O)Nc1ccc(C)c(-c2nc(C)co2)c1.Cl. The van der Waals surface area contributed by atoms with Gasteiger partial charge >= 0.3 is 0 Å². The van der Waals surface area contributed by atoms with Gasteiger partial charge in [0, 0.05) is 24.2 Å². The Kier molecular flexibility index (Phi) is 6.39. The van der Waals surface area contributed by atoms with Crippen LogP contribution < -0.4 is 10.6 Å². The van der Waals surface area contributed by atoms with Gasteiger partial charge in [0.15, 0.2) is 0 Å². The van der Waals surface area contributed by atoms with Gasteiger partial charge in [-0.15, -0.1) is 12.4 Å². The van der Waals surface area contributed by atoms with Crippen LogP contribution in [-0.2, 0) is 4.79 Å². The minimum absolute atomic E-state index is 0. The van der Waals surface area contributed by atoms with Crippen molar-refractivity contribution in [1.29, 1.82) is 0 Å². The third-order valence-electron chi connectivity index (χ3n) is 2.97. The number of nitrogens with zero attached hydrogens (tertiary/aromatic N) is 1. The Bertz CT molecular complexity index is 611. The lowest BCUT2D eigenvalue weighted by Gasteiger charge is -2.08. The normalized spacial score (nSPS) is 10.0. The average Bonchev–Trinajstić information content (AvgIpc) is 2.85. The molecule has 0 spiro atoms. The van der Waals surface area contributed by atoms with Crippen LogP contribution in [0.5, 0.6) is 0 Å². The minimum Gasteiger partial charge on any atom is -0.444 e. The van der Waals surface area contributed by atoms with Gasteiger partial charge in [-0.25, -0.2) is 4.98 Å². The van der Waals surface area contributed by atoms with Crippen LogP contribution in [0.1, 0.15) is 17.7 Å². The van der Waals surface area contributed by atoms with Gasteiger partial charge in [0.05, 0.1) is 5.69 Å². The molecule has 0 atom stereocenters. The topological polar surface area (TPSA) is 67.2 Å². The molecule has 0 saturated carbocycles. The van der Waals surface area contributed by atoms with E-state index >= 15 is 0 Å². The maximum atomic E-state index is 11.7. The molecule has 1 aromatic heterocycles. The molecule has 1 aromatic carbocycles. The highest BCUT2D eigenvalue weighted by Gasteiger charge is 2.10. The summed E-state index contributed by atoms with van der Waals surface area (Å²) in [7, 11) is 1.82. The number of hydrogen-bond donors (Lipinski definition) is 2. The predicted molar refractivity (Wildman–Crippen MR) is 85.8 cm³/mol. The first-order chi connectivity index (χ1) is 9.60. The summed E-state index contributed by atoms with van der Waals surface area (Å²) in [5.41, 5.74) is 3.54. The number of benzene rings is 1. The smallest absolute Gasteiger partial charge is 0.226 e. The molecule has 1 heterocycles. The van der Waals surface area contributed by atoms with E-state index in [0.717, 1.165) is 22.5 Å². The van der Waals surface area contributed by atoms with E-state index in [1.807, 2.05) is 39.1 Å². The summed E-state index contributed by atoms with van der Waals surface area (Å²) in [4.78, 5) is 16.0. The predicted octanol–water partition coefficient (Wildman–Crippen LogP) is 2.93. The van der Waals surface area contributed by atoms with E-state index < -0.39 is 0 Å². The van der Waals surface area contributed by atoms with E-state index in [4.69, 9.17) is 4.42 Å². The number of anilines is 1. The van der Waals surface area contributed by atoms with Crippen LogP contribution in [0, 0.1) is 13.8 Å². The van der Waals surface area contributed by atoms with Crippen LogP contribution in [0.25, 0.3) is 11.5 Å². The molecule has 0 radical (unpaired) electrons. The standard InChI is InChI=1S/C15H19N3O2.ClH/c1-10-4-5-12(18-14(19)6-7-16-3)8-13(10)15-17-11(2)9-20-15;/h4-5,8-9,16H,6-7H2,1-3H3,(H,18,19);1H. The first-order valence-electron chi connectivity index (χ1n) is 6.57. The second-order valence-electron chi connectivity index (χ2n) is 4.73. The molecule has 0 aliphatic carbocycles. The quantitative estimate of drug-likeness (QED) is 0.891. The van der Waals surface area contributed by atoms with E-state index in [2.05, 4.69) is 15.6 Å². The average molecular weight is 310 g/mol. The Balaban J connectivity index is 0.00000220. The molecule has 0 unspecified atom stereocenters. The molecule has 0 aliphatic heterocycles. The van der Waals surface area contributed by atoms with Gasteiger partial charge in [0.1, 0.15) is 6.26 Å². The summed E-state index contributed by atoms with van der Waals surface area (Å²) >= 11 is 0. The van der Waals surface area contributed by atoms with E-state index in [0.29, 0.717) is 18.9 Å². The van der Waals surface area contributed by atoms with Crippen LogP contribution >= 0.6 is 12.4 Å². The summed E-state index contributed by atoms with van der Waals surface area (Å²) < 4.78 is 5.42. The highest BCUT2D eigenvalue weighted by Crippen LogP contribution is 2.26. The second kappa shape index (κ2) is 7.81. The summed E-state index contributed by atoms with van der Waals surface area (Å²) in [5.74, 6) is 0.559. The summed E-state index contributed by atoms with van der Waals surface area (Å²) in [6.45, 7) is 4.52. The zero-order valence-electron chi connectivity index (χ0n) is 12.4. The molecule has 21 heavy (non-hydrogen) atoms. The molecule has 0 saturated heterocycles. The third kappa shape index (κ3) is 4.58. The largest absolute Gasteiger partial charge is 0.444 e. The van der Waals surface area contributed by atoms with Crippen LogP contribution in [0.4, 0.5) is 5.69 Å². The molecule has 6 heteroatoms. The zero-order valence-corrected chi connectivity index (χ0v) is 13.2. The van der Waals surface area contributed by atoms with Crippen molar-refractivity contribution in [3.8, 4) is 11.5 Å². The maximum Gasteiger partial charge on any atom is 0.226 e. The molecule has 2 aromatic rings. The first kappa shape index (κ1) is 17.2. The fourth-order valence-electron chi connectivity index (χ4n) is 1.87. The number of amides is 1. The van der Waals surface area contributed by atoms with Gasteiger partial charge in [0.2, 0.25) is 11.8 Å². The number of aromatic nitrogens is 1. The number of oxazole rings is 1. The van der Waals surface area contributed by atoms with E-state index in [1.165, 1.54) is 0 Å². The molecule has 2 rings (SSSR count). The van der Waals surface area contributed by atoms with Crippen molar-refractivity contribution in [2.45, 2.75) is 20.3 Å². The van der Waals surface area contributed by atoms with Gasteiger partial charge in [-0.2, -0.15) is 0 Å². The van der Waals surface area contributed by atoms with Gasteiger partial charge in [-0.05, 0) is 38.6 Å². The Hall–Kier alpha value is -1.85. The van der Waals surface area contributed by atoms with Gasteiger partial charge in [-0.3, -0.25) is 4.79 Å². The number of halogens is 1. The van der Waals surface area contributed by atoms with Gasteiger partial charge < -0.3 is 15.1 Å². The Morgan fingerprint density at radius 2 is 2.10 bits per heavy atom. The number of carbonyl (C=O) groups is 1. The Labute approximate surface area is 130 Å². The van der Waals surface area contributed by atoms with Crippen molar-refractivity contribution in [3.05, 3.63) is 35.7 Å². The van der Waals surface area contributed by atoms with Gasteiger partial charge in [0.25, 0.3) is 0 Å². The summed E-state index contributed by atoms with van der Waals surface area (Å²) in [5, 5.41) is 5.82. The second-order valence-corrected chi connectivity index (χ2v) is 4.73. The van der Waals surface area contributed by atoms with Gasteiger partial charge in [-0.1, -0.05) is 6.07 Å². The van der Waals surface area contributed by atoms with Crippen LogP contribution in [0.3, 0.4) is 0 Å². The highest BCUT2D eigenvalue weighted by atomic mass is 35.5. The zero-order chi connectivity index (χ0) is 14.5. The number of hydrogen-bond acceptors (Lipinski definition) is 4. The monoisotopic (exact) mass is 309 g/mol. The first-order valence-corrected chi connectivity index (χ1v) is 6.57. The Morgan fingerprint density at radius 1 is 1.33 bits per heavy atom. The summed E-state index contributed by atoms with van der Waals surface area (Å²) in [6, 6.07) is 5.71. The van der Waals surface area contributed by atoms with E-state index in [-0.39, 0.29) is 18.3 Å². The van der Waals surface area contributed by atoms with Crippen molar-refractivity contribution in [3.63, 3.8) is 0 Å². The third-order valence-corrected chi connectivity index (χ3v) is 2.97. The molecular weight excluding hydrogens is 290 g/mol. The van der Waals surface area contributed by atoms with Crippen LogP contribution in [0.15, 0.2) is 28.9 Å². The fraction of sp³-hybridized carbons (Fsp3) is 0.333. The maximum absolute atomic E-state index is 11.7. The molecule has 1 amide bonds. The molecule has 0 aliphatic rings. The highest BCUT2D eigenvalue weighted by molar-refractivity contribution is 5.91. The van der Waals surface area contributed by atoms with E-state index in [1.54, 1.807) is 6.26 Å². The molecule has 2 N–H and O–H groups in total. The molecular formula is C15H20ClN3O2. The van der Waals surface area contributed by atoms with Crippen molar-refractivity contribution < 1.29 is 9.21 Å². The number of aryl methyl sites for hydroxylation is 2. The fourth-order valence-corrected chi connectivity index (χ4v) is 1.87. The van der Waals surface area contributed by atoms with Crippen molar-refractivity contribution in [2.75, 3.05) is 18.9 Å². The summed E-state index contributed by atoms with van der Waals surface area (Å²) in [6.07, 6.45) is 2.06. The lowest BCUT2D eigenvalue weighted by molar-refractivity contribution is -0.116. The molecule has 0 bridgehead atoms. The number of nitrogens with one attached hydrogen (secondary N) is 2.